The standard InChI is InChI=1S/C19H26N6/c1-19(2,3)17-13-16-18(20-9-12-25(16)22-17)24-10-6-14(7-11-24)15-5-8-21-23(15)4/h5,8-9,12-14H,6-7,10-11H2,1-4H3. The summed E-state index contributed by atoms with van der Waals surface area (Å²) in [6.45, 7) is 8.61. The van der Waals surface area contributed by atoms with Crippen LogP contribution in [0.25, 0.3) is 5.52 Å². The summed E-state index contributed by atoms with van der Waals surface area (Å²) in [4.78, 5) is 7.08. The lowest BCUT2D eigenvalue weighted by Gasteiger charge is -2.33. The number of fused-ring (bicyclic) bond motifs is 1. The molecule has 1 aliphatic heterocycles. The van der Waals surface area contributed by atoms with Crippen molar-refractivity contribution in [1.82, 2.24) is 24.4 Å². The molecule has 0 spiro atoms. The van der Waals surface area contributed by atoms with E-state index in [0.717, 1.165) is 43.0 Å². The Balaban J connectivity index is 1.59. The molecule has 4 rings (SSSR count). The molecule has 0 aromatic carbocycles. The van der Waals surface area contributed by atoms with Gasteiger partial charge in [-0.25, -0.2) is 9.50 Å². The SMILES string of the molecule is Cn1nccc1C1CCN(c2nccn3nc(C(C)(C)C)cc23)CC1. The fraction of sp³-hybridized carbons (Fsp3) is 0.526. The van der Waals surface area contributed by atoms with E-state index >= 15 is 0 Å². The topological polar surface area (TPSA) is 51.2 Å². The molecule has 1 saturated heterocycles. The summed E-state index contributed by atoms with van der Waals surface area (Å²) in [5.41, 5.74) is 3.58. The Hall–Kier alpha value is -2.37. The van der Waals surface area contributed by atoms with E-state index in [-0.39, 0.29) is 5.41 Å². The van der Waals surface area contributed by atoms with Crippen LogP contribution in [0.3, 0.4) is 0 Å². The second-order valence-corrected chi connectivity index (χ2v) is 8.00. The number of hydrogen-bond donors (Lipinski definition) is 0. The van der Waals surface area contributed by atoms with Gasteiger partial charge in [-0.3, -0.25) is 4.68 Å². The molecular formula is C19H26N6. The molecule has 132 valence electrons. The highest BCUT2D eigenvalue weighted by Crippen LogP contribution is 2.32. The molecular weight excluding hydrogens is 312 g/mol. The van der Waals surface area contributed by atoms with E-state index < -0.39 is 0 Å². The fourth-order valence-electron chi connectivity index (χ4n) is 3.69. The smallest absolute Gasteiger partial charge is 0.154 e. The maximum atomic E-state index is 4.75. The van der Waals surface area contributed by atoms with Crippen LogP contribution in [0.5, 0.6) is 0 Å². The van der Waals surface area contributed by atoms with E-state index in [1.54, 1.807) is 0 Å². The first-order chi connectivity index (χ1) is 11.9. The molecule has 25 heavy (non-hydrogen) atoms. The molecule has 0 bridgehead atoms. The molecule has 4 heterocycles. The zero-order chi connectivity index (χ0) is 17.6. The molecule has 1 fully saturated rings. The molecule has 0 atom stereocenters. The van der Waals surface area contributed by atoms with E-state index in [2.05, 4.69) is 47.9 Å². The maximum Gasteiger partial charge on any atom is 0.154 e. The van der Waals surface area contributed by atoms with Crippen LogP contribution in [0, 0.1) is 0 Å². The second-order valence-electron chi connectivity index (χ2n) is 8.00. The van der Waals surface area contributed by atoms with Crippen LogP contribution < -0.4 is 4.90 Å². The molecule has 0 aliphatic carbocycles. The number of piperidine rings is 1. The van der Waals surface area contributed by atoms with Crippen molar-refractivity contribution < 1.29 is 0 Å². The van der Waals surface area contributed by atoms with Crippen LogP contribution in [0.2, 0.25) is 0 Å². The summed E-state index contributed by atoms with van der Waals surface area (Å²) < 4.78 is 3.97. The van der Waals surface area contributed by atoms with Gasteiger partial charge >= 0.3 is 0 Å². The molecule has 3 aromatic heterocycles. The van der Waals surface area contributed by atoms with Crippen LogP contribution in [-0.4, -0.2) is 37.5 Å². The number of nitrogens with zero attached hydrogens (tertiary/aromatic N) is 6. The van der Waals surface area contributed by atoms with Crippen molar-refractivity contribution in [1.29, 1.82) is 0 Å². The van der Waals surface area contributed by atoms with Gasteiger partial charge in [0, 0.05) is 55.8 Å². The van der Waals surface area contributed by atoms with Crippen LogP contribution in [0.1, 0.15) is 50.9 Å². The van der Waals surface area contributed by atoms with Gasteiger partial charge in [-0.05, 0) is 25.0 Å². The summed E-state index contributed by atoms with van der Waals surface area (Å²) in [5.74, 6) is 1.63. The quantitative estimate of drug-likeness (QED) is 0.720. The molecule has 0 unspecified atom stereocenters. The fourth-order valence-corrected chi connectivity index (χ4v) is 3.69. The lowest BCUT2D eigenvalue weighted by molar-refractivity contribution is 0.475. The third-order valence-corrected chi connectivity index (χ3v) is 5.21. The van der Waals surface area contributed by atoms with Gasteiger partial charge in [0.05, 0.1) is 5.69 Å². The highest BCUT2D eigenvalue weighted by Gasteiger charge is 2.26. The molecule has 6 nitrogen and oxygen atoms in total. The van der Waals surface area contributed by atoms with E-state index in [9.17, 15) is 0 Å². The van der Waals surface area contributed by atoms with E-state index in [0.29, 0.717) is 5.92 Å². The zero-order valence-electron chi connectivity index (χ0n) is 15.5. The first kappa shape index (κ1) is 16.1. The largest absolute Gasteiger partial charge is 0.355 e. The van der Waals surface area contributed by atoms with Crippen molar-refractivity contribution >= 4 is 11.3 Å². The average molecular weight is 338 g/mol. The lowest BCUT2D eigenvalue weighted by Crippen LogP contribution is -2.34. The van der Waals surface area contributed by atoms with Gasteiger partial charge in [0.1, 0.15) is 5.52 Å². The van der Waals surface area contributed by atoms with Crippen LogP contribution >= 0.6 is 0 Å². The lowest BCUT2D eigenvalue weighted by atomic mass is 9.92. The van der Waals surface area contributed by atoms with Gasteiger partial charge in [-0.1, -0.05) is 20.8 Å². The number of anilines is 1. The third kappa shape index (κ3) is 2.90. The zero-order valence-corrected chi connectivity index (χ0v) is 15.5. The molecule has 0 radical (unpaired) electrons. The van der Waals surface area contributed by atoms with Gasteiger partial charge in [0.2, 0.25) is 0 Å². The van der Waals surface area contributed by atoms with E-state index in [4.69, 9.17) is 5.10 Å². The van der Waals surface area contributed by atoms with Gasteiger partial charge in [0.15, 0.2) is 5.82 Å². The first-order valence-electron chi connectivity index (χ1n) is 9.01. The summed E-state index contributed by atoms with van der Waals surface area (Å²) >= 11 is 0. The Bertz CT molecular complexity index is 877. The normalized spacial score (nSPS) is 16.7. The minimum Gasteiger partial charge on any atom is -0.355 e. The summed E-state index contributed by atoms with van der Waals surface area (Å²) in [5, 5.41) is 9.06. The Morgan fingerprint density at radius 3 is 2.52 bits per heavy atom. The maximum absolute atomic E-state index is 4.75. The molecule has 1 aliphatic rings. The third-order valence-electron chi connectivity index (χ3n) is 5.21. The minimum atomic E-state index is 0.0375. The Morgan fingerprint density at radius 1 is 1.12 bits per heavy atom. The van der Waals surface area contributed by atoms with Crippen molar-refractivity contribution in [3.05, 3.63) is 42.1 Å². The van der Waals surface area contributed by atoms with Gasteiger partial charge in [-0.15, -0.1) is 0 Å². The summed E-state index contributed by atoms with van der Waals surface area (Å²) in [6.07, 6.45) is 7.95. The second kappa shape index (κ2) is 5.86. The van der Waals surface area contributed by atoms with Crippen molar-refractivity contribution in [3.63, 3.8) is 0 Å². The predicted octanol–water partition coefficient (Wildman–Crippen LogP) is 3.14. The van der Waals surface area contributed by atoms with Crippen molar-refractivity contribution in [2.45, 2.75) is 44.9 Å². The molecule has 0 amide bonds. The number of aromatic nitrogens is 5. The van der Waals surface area contributed by atoms with Gasteiger partial charge in [0.25, 0.3) is 0 Å². The van der Waals surface area contributed by atoms with E-state index in [1.807, 2.05) is 34.8 Å². The summed E-state index contributed by atoms with van der Waals surface area (Å²) in [7, 11) is 2.03. The van der Waals surface area contributed by atoms with Crippen molar-refractivity contribution in [2.75, 3.05) is 18.0 Å². The Labute approximate surface area is 148 Å². The number of aryl methyl sites for hydroxylation is 1. The van der Waals surface area contributed by atoms with Crippen LogP contribution in [0.4, 0.5) is 5.82 Å². The monoisotopic (exact) mass is 338 g/mol. The molecule has 6 heteroatoms. The first-order valence-corrected chi connectivity index (χ1v) is 9.01. The molecule has 3 aromatic rings. The van der Waals surface area contributed by atoms with Crippen molar-refractivity contribution in [3.8, 4) is 0 Å². The minimum absolute atomic E-state index is 0.0375. The highest BCUT2D eigenvalue weighted by atomic mass is 15.3. The molecule has 0 saturated carbocycles. The number of rotatable bonds is 2. The Morgan fingerprint density at radius 2 is 1.88 bits per heavy atom. The predicted molar refractivity (Wildman–Crippen MR) is 99.1 cm³/mol. The van der Waals surface area contributed by atoms with Crippen molar-refractivity contribution in [2.24, 2.45) is 7.05 Å². The number of hydrogen-bond acceptors (Lipinski definition) is 4. The average Bonchev–Trinajstić information content (AvgIpc) is 3.20. The molecule has 0 N–H and O–H groups in total. The highest BCUT2D eigenvalue weighted by molar-refractivity contribution is 5.69. The summed E-state index contributed by atoms with van der Waals surface area (Å²) in [6, 6.07) is 4.33. The van der Waals surface area contributed by atoms with E-state index in [1.165, 1.54) is 5.69 Å². The van der Waals surface area contributed by atoms with Crippen LogP contribution in [-0.2, 0) is 12.5 Å². The van der Waals surface area contributed by atoms with Crippen LogP contribution in [0.15, 0.2) is 30.7 Å². The van der Waals surface area contributed by atoms with Gasteiger partial charge in [-0.2, -0.15) is 10.2 Å². The Kier molecular flexibility index (Phi) is 3.78. The van der Waals surface area contributed by atoms with Gasteiger partial charge < -0.3 is 4.90 Å².